The van der Waals surface area contributed by atoms with Gasteiger partial charge in [-0.3, -0.25) is 14.5 Å². The Bertz CT molecular complexity index is 929. The van der Waals surface area contributed by atoms with E-state index >= 15 is 0 Å². The first kappa shape index (κ1) is 21.8. The zero-order valence-electron chi connectivity index (χ0n) is 19.1. The number of carbonyl (C=O) groups excluding carboxylic acids is 3. The lowest BCUT2D eigenvalue weighted by Gasteiger charge is -2.36. The lowest BCUT2D eigenvalue weighted by Crippen LogP contribution is -2.54. The molecule has 2 aliphatic carbocycles. The minimum absolute atomic E-state index is 0.0944. The van der Waals surface area contributed by atoms with Crippen molar-refractivity contribution in [3.05, 3.63) is 34.7 Å². The number of allylic oxidation sites excluding steroid dienone is 2. The number of imide groups is 1. The van der Waals surface area contributed by atoms with Crippen molar-refractivity contribution in [2.75, 3.05) is 6.54 Å². The highest BCUT2D eigenvalue weighted by Gasteiger charge is 2.55. The summed E-state index contributed by atoms with van der Waals surface area (Å²) in [4.78, 5) is 40.1. The normalized spacial score (nSPS) is 26.4. The lowest BCUT2D eigenvalue weighted by molar-refractivity contribution is -0.133. The molecular weight excluding hydrogens is 390 g/mol. The molecule has 2 atom stereocenters. The number of ketones is 1. The first-order valence-electron chi connectivity index (χ1n) is 11.9. The smallest absolute Gasteiger partial charge is 0.325 e. The van der Waals surface area contributed by atoms with Gasteiger partial charge in [0.15, 0.2) is 5.78 Å². The number of nitrogens with zero attached hydrogens (tertiary/aromatic N) is 2. The second kappa shape index (κ2) is 8.64. The molecule has 0 radical (unpaired) electrons. The molecule has 0 bridgehead atoms. The third kappa shape index (κ3) is 3.97. The lowest BCUT2D eigenvalue weighted by atomic mass is 9.73. The molecule has 3 aliphatic rings. The van der Waals surface area contributed by atoms with Gasteiger partial charge < -0.3 is 9.88 Å². The van der Waals surface area contributed by atoms with Gasteiger partial charge in [0.05, 0.1) is 6.54 Å². The zero-order valence-corrected chi connectivity index (χ0v) is 19.1. The van der Waals surface area contributed by atoms with Crippen LogP contribution in [0, 0.1) is 19.8 Å². The summed E-state index contributed by atoms with van der Waals surface area (Å²) >= 11 is 0. The number of rotatable bonds is 6. The highest BCUT2D eigenvalue weighted by Crippen LogP contribution is 2.38. The molecule has 4 rings (SSSR count). The summed E-state index contributed by atoms with van der Waals surface area (Å²) in [5, 5.41) is 2.94. The maximum absolute atomic E-state index is 13.2. The molecule has 6 nitrogen and oxygen atoms in total. The monoisotopic (exact) mass is 425 g/mol. The van der Waals surface area contributed by atoms with E-state index in [-0.39, 0.29) is 24.2 Å². The van der Waals surface area contributed by atoms with E-state index in [0.29, 0.717) is 12.0 Å². The molecule has 1 saturated carbocycles. The molecule has 1 saturated heterocycles. The molecule has 0 unspecified atom stereocenters. The number of aryl methyl sites for hydroxylation is 1. The van der Waals surface area contributed by atoms with Crippen LogP contribution in [0.25, 0.3) is 0 Å². The van der Waals surface area contributed by atoms with Crippen molar-refractivity contribution in [2.45, 2.75) is 90.6 Å². The summed E-state index contributed by atoms with van der Waals surface area (Å²) < 4.78 is 2.19. The van der Waals surface area contributed by atoms with Crippen LogP contribution < -0.4 is 5.32 Å². The predicted octanol–water partition coefficient (Wildman–Crippen LogP) is 4.68. The van der Waals surface area contributed by atoms with Crippen LogP contribution in [0.15, 0.2) is 17.7 Å². The van der Waals surface area contributed by atoms with Crippen molar-refractivity contribution in [3.63, 3.8) is 0 Å². The van der Waals surface area contributed by atoms with Crippen LogP contribution in [0.4, 0.5) is 4.79 Å². The van der Waals surface area contributed by atoms with Gasteiger partial charge in [0.1, 0.15) is 5.54 Å². The number of nitrogens with one attached hydrogen (secondary N) is 1. The molecule has 2 heterocycles. The summed E-state index contributed by atoms with van der Waals surface area (Å²) in [6.45, 7) is 6.69. The van der Waals surface area contributed by atoms with Crippen LogP contribution in [0.5, 0.6) is 0 Å². The molecule has 168 valence electrons. The molecule has 0 aromatic carbocycles. The van der Waals surface area contributed by atoms with Gasteiger partial charge in [-0.05, 0) is 70.8 Å². The van der Waals surface area contributed by atoms with Crippen molar-refractivity contribution in [1.29, 1.82) is 0 Å². The molecular formula is C25H35N3O3. The fourth-order valence-corrected chi connectivity index (χ4v) is 5.68. The maximum atomic E-state index is 13.2. The van der Waals surface area contributed by atoms with E-state index in [1.165, 1.54) is 31.3 Å². The molecule has 1 aliphatic heterocycles. The van der Waals surface area contributed by atoms with E-state index in [1.807, 2.05) is 26.8 Å². The number of hydrogen-bond acceptors (Lipinski definition) is 3. The summed E-state index contributed by atoms with van der Waals surface area (Å²) in [5.41, 5.74) is 3.28. The van der Waals surface area contributed by atoms with E-state index < -0.39 is 11.6 Å². The number of aromatic nitrogens is 1. The number of Topliss-reactive ketones (excluding diaryl/α,β-unsaturated/α-hetero) is 1. The van der Waals surface area contributed by atoms with Gasteiger partial charge in [-0.15, -0.1) is 0 Å². The van der Waals surface area contributed by atoms with Crippen LogP contribution in [0.1, 0.15) is 86.5 Å². The van der Waals surface area contributed by atoms with Crippen molar-refractivity contribution in [1.82, 2.24) is 14.8 Å². The molecule has 3 amide bonds. The quantitative estimate of drug-likeness (QED) is 0.409. The van der Waals surface area contributed by atoms with E-state index in [1.54, 1.807) is 0 Å². The topological polar surface area (TPSA) is 71.4 Å². The Morgan fingerprint density at radius 1 is 1.19 bits per heavy atom. The van der Waals surface area contributed by atoms with Crippen LogP contribution in [0.3, 0.4) is 0 Å². The number of hydrogen-bond donors (Lipinski definition) is 1. The van der Waals surface area contributed by atoms with Gasteiger partial charge in [0, 0.05) is 23.5 Å². The molecule has 1 N–H and O–H groups in total. The van der Waals surface area contributed by atoms with Gasteiger partial charge >= 0.3 is 6.03 Å². The Labute approximate surface area is 185 Å². The molecule has 2 fully saturated rings. The number of carbonyl (C=O) groups is 3. The van der Waals surface area contributed by atoms with Gasteiger partial charge in [-0.25, -0.2) is 4.79 Å². The second-order valence-corrected chi connectivity index (χ2v) is 9.66. The standard InChI is InChI=1S/C25H35N3O3/c1-17-9-7-8-13-25(17)23(30)28(24(31)26-25)16-22(29)21-15-18(2)27(19(21)3)14-12-20-10-5-4-6-11-20/h10,15,17H,4-9,11-14,16H2,1-3H3,(H,26,31)/t17-,25+/m1/s1. The van der Waals surface area contributed by atoms with Crippen LogP contribution in [-0.4, -0.2) is 39.3 Å². The molecule has 1 aromatic rings. The average Bonchev–Trinajstić information content (AvgIpc) is 3.17. The van der Waals surface area contributed by atoms with Crippen molar-refractivity contribution < 1.29 is 14.4 Å². The average molecular weight is 426 g/mol. The van der Waals surface area contributed by atoms with E-state index in [2.05, 4.69) is 16.0 Å². The molecule has 6 heteroatoms. The minimum atomic E-state index is -0.819. The summed E-state index contributed by atoms with van der Waals surface area (Å²) in [6, 6.07) is 1.48. The summed E-state index contributed by atoms with van der Waals surface area (Å²) in [6.07, 6.45) is 11.9. The van der Waals surface area contributed by atoms with Crippen LogP contribution in [0.2, 0.25) is 0 Å². The first-order chi connectivity index (χ1) is 14.8. The van der Waals surface area contributed by atoms with E-state index in [9.17, 15) is 14.4 Å². The van der Waals surface area contributed by atoms with E-state index in [0.717, 1.165) is 48.5 Å². The highest BCUT2D eigenvalue weighted by atomic mass is 16.2. The first-order valence-corrected chi connectivity index (χ1v) is 11.9. The Morgan fingerprint density at radius 2 is 2.00 bits per heavy atom. The summed E-state index contributed by atoms with van der Waals surface area (Å²) in [5.74, 6) is -0.298. The zero-order chi connectivity index (χ0) is 22.2. The maximum Gasteiger partial charge on any atom is 0.325 e. The van der Waals surface area contributed by atoms with Gasteiger partial charge in [-0.1, -0.05) is 31.4 Å². The summed E-state index contributed by atoms with van der Waals surface area (Å²) in [7, 11) is 0. The Morgan fingerprint density at radius 3 is 2.71 bits per heavy atom. The Hall–Kier alpha value is -2.37. The Balaban J connectivity index is 1.47. The fourth-order valence-electron chi connectivity index (χ4n) is 5.68. The fraction of sp³-hybridized carbons (Fsp3) is 0.640. The largest absolute Gasteiger partial charge is 0.348 e. The van der Waals surface area contributed by atoms with Crippen LogP contribution >= 0.6 is 0 Å². The third-order valence-corrected chi connectivity index (χ3v) is 7.72. The van der Waals surface area contributed by atoms with Crippen LogP contribution in [-0.2, 0) is 11.3 Å². The highest BCUT2D eigenvalue weighted by molar-refractivity contribution is 6.11. The van der Waals surface area contributed by atoms with Gasteiger partial charge in [-0.2, -0.15) is 0 Å². The Kier molecular flexibility index (Phi) is 6.09. The van der Waals surface area contributed by atoms with Crippen molar-refractivity contribution in [3.8, 4) is 0 Å². The second-order valence-electron chi connectivity index (χ2n) is 9.66. The third-order valence-electron chi connectivity index (χ3n) is 7.72. The molecule has 1 aromatic heterocycles. The SMILES string of the molecule is Cc1cc(C(=O)CN2C(=O)N[C@]3(CCCC[C@H]3C)C2=O)c(C)n1CCC1=CCCCC1. The number of amides is 3. The molecule has 31 heavy (non-hydrogen) atoms. The minimum Gasteiger partial charge on any atom is -0.348 e. The predicted molar refractivity (Wildman–Crippen MR) is 120 cm³/mol. The number of urea groups is 1. The molecule has 1 spiro atoms. The van der Waals surface area contributed by atoms with Crippen molar-refractivity contribution in [2.24, 2.45) is 5.92 Å². The van der Waals surface area contributed by atoms with E-state index in [4.69, 9.17) is 0 Å². The van der Waals surface area contributed by atoms with Gasteiger partial charge in [0.25, 0.3) is 5.91 Å². The van der Waals surface area contributed by atoms with Crippen molar-refractivity contribution >= 4 is 17.7 Å². The van der Waals surface area contributed by atoms with Gasteiger partial charge in [0.2, 0.25) is 0 Å².